The number of alkyl halides is 5. The van der Waals surface area contributed by atoms with Crippen molar-refractivity contribution in [1.29, 1.82) is 0 Å². The maximum Gasteiger partial charge on any atom is 0.405 e. The summed E-state index contributed by atoms with van der Waals surface area (Å²) in [6.07, 6.45) is -6.39. The van der Waals surface area contributed by atoms with E-state index in [4.69, 9.17) is 32.7 Å². The number of Topliss-reactive ketones (excluding diaryl/α,β-unsaturated/α-hetero) is 1. The molecule has 3 N–H and O–H groups in total. The first-order valence-corrected chi connectivity index (χ1v) is 15.8. The highest BCUT2D eigenvalue weighted by molar-refractivity contribution is 6.31. The summed E-state index contributed by atoms with van der Waals surface area (Å²) in [6, 6.07) is 13.4. The zero-order valence-electron chi connectivity index (χ0n) is 27.2. The lowest BCUT2D eigenvalue weighted by molar-refractivity contribution is -0.165. The van der Waals surface area contributed by atoms with Crippen LogP contribution in [0.25, 0.3) is 0 Å². The zero-order chi connectivity index (χ0) is 37.4. The number of ether oxygens (including phenoxy) is 2. The van der Waals surface area contributed by atoms with Crippen LogP contribution >= 0.6 is 23.2 Å². The van der Waals surface area contributed by atoms with Crippen molar-refractivity contribution < 1.29 is 50.6 Å². The Morgan fingerprint density at radius 2 is 1.48 bits per heavy atom. The van der Waals surface area contributed by atoms with Gasteiger partial charge in [-0.25, -0.2) is 0 Å². The van der Waals surface area contributed by atoms with Gasteiger partial charge >= 0.3 is 12.1 Å². The average Bonchev–Trinajstić information content (AvgIpc) is 3.03. The maximum atomic E-state index is 14.9. The number of ketones is 1. The molecule has 0 aromatic heterocycles. The molecule has 0 aliphatic heterocycles. The smallest absolute Gasteiger partial charge is 0.405 e. The lowest BCUT2D eigenvalue weighted by atomic mass is 9.94. The minimum Gasteiger partial charge on any atom is -0.497 e. The van der Waals surface area contributed by atoms with Crippen LogP contribution in [0.2, 0.25) is 10.0 Å². The average molecular weight is 747 g/mol. The van der Waals surface area contributed by atoms with Crippen LogP contribution in [0.15, 0.2) is 66.7 Å². The molecular formula is C34H34Cl2F5N3O6. The first-order chi connectivity index (χ1) is 23.3. The highest BCUT2D eigenvalue weighted by atomic mass is 35.5. The quantitative estimate of drug-likeness (QED) is 0.126. The van der Waals surface area contributed by atoms with Crippen molar-refractivity contribution in [3.05, 3.63) is 93.5 Å². The van der Waals surface area contributed by atoms with Crippen LogP contribution in [-0.2, 0) is 25.6 Å². The van der Waals surface area contributed by atoms with E-state index in [1.807, 2.05) is 0 Å². The molecule has 3 atom stereocenters. The molecule has 0 spiro atoms. The summed E-state index contributed by atoms with van der Waals surface area (Å²) in [4.78, 5) is 52.6. The summed E-state index contributed by atoms with van der Waals surface area (Å²) in [6.45, 7) is 2.20. The number of hydrogen-bond acceptors (Lipinski definition) is 6. The number of benzene rings is 3. The number of carbonyl (C=O) groups excluding carboxylic acids is 4. The van der Waals surface area contributed by atoms with Gasteiger partial charge in [-0.15, -0.1) is 0 Å². The standard InChI is InChI=1S/C34H34Cl2F5N3O6/c1-18(2)27(29(45)34(40,41)32(48)42-17-33(37,38)39)43-31(47)28(21-8-10-24(49-4)11-9-21)44-30(46)26(15-20-6-5-7-22(35)14-20)50-25-13-19(3)12-23(36)16-25/h5-14,16,18,26-28H,15,17H2,1-4H3,(H,42,48)(H,43,47)(H,44,46)/t26?,27-,28-/m0/s1. The van der Waals surface area contributed by atoms with Crippen LogP contribution < -0.4 is 25.4 Å². The lowest BCUT2D eigenvalue weighted by Gasteiger charge is -2.28. The van der Waals surface area contributed by atoms with Crippen LogP contribution in [0.4, 0.5) is 22.0 Å². The van der Waals surface area contributed by atoms with Gasteiger partial charge in [-0.3, -0.25) is 19.2 Å². The minimum atomic E-state index is -5.02. The number of aryl methyl sites for hydroxylation is 1. The van der Waals surface area contributed by atoms with Gasteiger partial charge in [0.05, 0.1) is 13.2 Å². The number of amides is 3. The molecule has 0 heterocycles. The van der Waals surface area contributed by atoms with E-state index in [1.54, 1.807) is 43.3 Å². The van der Waals surface area contributed by atoms with Crippen LogP contribution in [0.5, 0.6) is 11.5 Å². The summed E-state index contributed by atoms with van der Waals surface area (Å²) in [7, 11) is 1.39. The second-order valence-electron chi connectivity index (χ2n) is 11.6. The zero-order valence-corrected chi connectivity index (χ0v) is 28.7. The molecule has 0 saturated heterocycles. The van der Waals surface area contributed by atoms with Crippen LogP contribution in [0.3, 0.4) is 0 Å². The van der Waals surface area contributed by atoms with E-state index < -0.39 is 66.3 Å². The van der Waals surface area contributed by atoms with Gasteiger partial charge < -0.3 is 25.4 Å². The first kappa shape index (κ1) is 40.0. The van der Waals surface area contributed by atoms with E-state index >= 15 is 0 Å². The SMILES string of the molecule is COc1ccc([C@H](NC(=O)C(Cc2cccc(Cl)c2)Oc2cc(C)cc(Cl)c2)C(=O)N[C@H](C(=O)C(F)(F)C(=O)NCC(F)(F)F)C(C)C)cc1. The molecule has 0 fully saturated rings. The number of halogens is 7. The third-order valence-electron chi connectivity index (χ3n) is 7.19. The molecule has 16 heteroatoms. The van der Waals surface area contributed by atoms with E-state index in [0.717, 1.165) is 10.9 Å². The Kier molecular flexibility index (Phi) is 13.6. The van der Waals surface area contributed by atoms with E-state index in [-0.39, 0.29) is 17.7 Å². The number of rotatable bonds is 15. The molecule has 3 aromatic carbocycles. The Labute approximate surface area is 294 Å². The van der Waals surface area contributed by atoms with Gasteiger partial charge in [-0.1, -0.05) is 61.3 Å². The summed E-state index contributed by atoms with van der Waals surface area (Å²) in [5, 5.41) is 6.40. The molecule has 0 saturated carbocycles. The normalized spacial score (nSPS) is 13.5. The van der Waals surface area contributed by atoms with Gasteiger partial charge in [0.1, 0.15) is 24.1 Å². The van der Waals surface area contributed by atoms with E-state index in [0.29, 0.717) is 21.4 Å². The van der Waals surface area contributed by atoms with Gasteiger partial charge in [0.25, 0.3) is 11.8 Å². The van der Waals surface area contributed by atoms with Gasteiger partial charge in [0, 0.05) is 16.5 Å². The van der Waals surface area contributed by atoms with Gasteiger partial charge in [0.15, 0.2) is 6.10 Å². The van der Waals surface area contributed by atoms with Crippen LogP contribution in [-0.4, -0.2) is 61.4 Å². The molecule has 0 bridgehead atoms. The van der Waals surface area contributed by atoms with Gasteiger partial charge in [0.2, 0.25) is 11.7 Å². The molecule has 0 radical (unpaired) electrons. The summed E-state index contributed by atoms with van der Waals surface area (Å²) in [5.41, 5.74) is 1.43. The van der Waals surface area contributed by atoms with Crippen molar-refractivity contribution in [2.75, 3.05) is 13.7 Å². The summed E-state index contributed by atoms with van der Waals surface area (Å²) >= 11 is 12.3. The Hall–Kier alpha value is -4.43. The number of methoxy groups -OCH3 is 1. The topological polar surface area (TPSA) is 123 Å². The fourth-order valence-corrected chi connectivity index (χ4v) is 5.20. The molecule has 3 amide bonds. The molecule has 3 aromatic rings. The fraction of sp³-hybridized carbons (Fsp3) is 0.353. The number of carbonyl (C=O) groups is 4. The number of nitrogens with one attached hydrogen (secondary N) is 3. The second-order valence-corrected chi connectivity index (χ2v) is 12.5. The van der Waals surface area contributed by atoms with E-state index in [1.165, 1.54) is 51.3 Å². The summed E-state index contributed by atoms with van der Waals surface area (Å²) < 4.78 is 78.6. The van der Waals surface area contributed by atoms with Crippen molar-refractivity contribution in [3.63, 3.8) is 0 Å². The largest absolute Gasteiger partial charge is 0.497 e. The molecule has 9 nitrogen and oxygen atoms in total. The second kappa shape index (κ2) is 17.0. The lowest BCUT2D eigenvalue weighted by Crippen LogP contribution is -2.58. The molecule has 1 unspecified atom stereocenters. The van der Waals surface area contributed by atoms with Crippen molar-refractivity contribution in [2.45, 2.75) is 57.5 Å². The fourth-order valence-electron chi connectivity index (χ4n) is 4.70. The maximum absolute atomic E-state index is 14.9. The van der Waals surface area contributed by atoms with Crippen molar-refractivity contribution >= 4 is 46.7 Å². The molecular weight excluding hydrogens is 712 g/mol. The van der Waals surface area contributed by atoms with Crippen molar-refractivity contribution in [2.24, 2.45) is 5.92 Å². The first-order valence-electron chi connectivity index (χ1n) is 15.0. The van der Waals surface area contributed by atoms with E-state index in [9.17, 15) is 41.1 Å². The molecule has 50 heavy (non-hydrogen) atoms. The number of hydrogen-bond donors (Lipinski definition) is 3. The third kappa shape index (κ3) is 11.3. The van der Waals surface area contributed by atoms with Crippen LogP contribution in [0.1, 0.15) is 36.6 Å². The molecule has 0 aliphatic carbocycles. The Balaban J connectivity index is 1.97. The van der Waals surface area contributed by atoms with Crippen molar-refractivity contribution in [1.82, 2.24) is 16.0 Å². The Bertz CT molecular complexity index is 1670. The Morgan fingerprint density at radius 3 is 2.04 bits per heavy atom. The van der Waals surface area contributed by atoms with Gasteiger partial charge in [-0.05, 0) is 72.0 Å². The highest BCUT2D eigenvalue weighted by Crippen LogP contribution is 2.26. The van der Waals surface area contributed by atoms with Crippen molar-refractivity contribution in [3.8, 4) is 11.5 Å². The third-order valence-corrected chi connectivity index (χ3v) is 7.64. The molecule has 3 rings (SSSR count). The molecule has 270 valence electrons. The predicted octanol–water partition coefficient (Wildman–Crippen LogP) is 6.18. The Morgan fingerprint density at radius 1 is 0.820 bits per heavy atom. The van der Waals surface area contributed by atoms with E-state index in [2.05, 4.69) is 10.6 Å². The molecule has 0 aliphatic rings. The van der Waals surface area contributed by atoms with Gasteiger partial charge in [-0.2, -0.15) is 22.0 Å². The summed E-state index contributed by atoms with van der Waals surface area (Å²) in [5.74, 6) is -12.1. The minimum absolute atomic E-state index is 0.0543. The predicted molar refractivity (Wildman–Crippen MR) is 175 cm³/mol. The van der Waals surface area contributed by atoms with Crippen LogP contribution in [0, 0.1) is 12.8 Å². The monoisotopic (exact) mass is 745 g/mol. The highest BCUT2D eigenvalue weighted by Gasteiger charge is 2.52.